The van der Waals surface area contributed by atoms with E-state index in [0.717, 1.165) is 5.31 Å². The van der Waals surface area contributed by atoms with Crippen molar-refractivity contribution in [2.45, 2.75) is 39.0 Å². The highest BCUT2D eigenvalue weighted by molar-refractivity contribution is 7.58. The Labute approximate surface area is 105 Å². The van der Waals surface area contributed by atoms with Crippen molar-refractivity contribution in [3.05, 3.63) is 23.5 Å². The number of allylic oxidation sites excluding steroid dienone is 4. The molecule has 1 rings (SSSR count). The average Bonchev–Trinajstić information content (AvgIpc) is 2.66. The first-order valence-corrected chi connectivity index (χ1v) is 11.2. The van der Waals surface area contributed by atoms with E-state index in [9.17, 15) is 4.57 Å². The van der Waals surface area contributed by atoms with Gasteiger partial charge in [-0.15, -0.1) is 0 Å². The fraction of sp³-hybridized carbons (Fsp3) is 0.667. The molecule has 0 fully saturated rings. The molecule has 0 aromatic rings. The van der Waals surface area contributed by atoms with Crippen molar-refractivity contribution < 1.29 is 13.6 Å². The highest BCUT2D eigenvalue weighted by Gasteiger charge is 2.41. The Hall–Kier alpha value is -0.153. The minimum absolute atomic E-state index is 0.256. The summed E-state index contributed by atoms with van der Waals surface area (Å²) in [5.41, 5.74) is 0.256. The van der Waals surface area contributed by atoms with Crippen LogP contribution in [0.5, 0.6) is 0 Å². The molecule has 0 aromatic heterocycles. The molecule has 0 saturated heterocycles. The van der Waals surface area contributed by atoms with E-state index >= 15 is 0 Å². The van der Waals surface area contributed by atoms with Crippen LogP contribution < -0.4 is 0 Å². The molecule has 1 atom stereocenters. The van der Waals surface area contributed by atoms with Crippen molar-refractivity contribution in [2.24, 2.45) is 0 Å². The molecule has 0 amide bonds. The highest BCUT2D eigenvalue weighted by atomic mass is 31.2. The second-order valence-corrected chi connectivity index (χ2v) is 12.5. The molecule has 0 heterocycles. The Balaban J connectivity index is 3.01. The predicted octanol–water partition coefficient (Wildman–Crippen LogP) is 4.41. The molecule has 0 aliphatic heterocycles. The smallest absolute Gasteiger partial charge is 0.306 e. The molecule has 1 aliphatic carbocycles. The molecule has 0 aromatic carbocycles. The monoisotopic (exact) mass is 274 g/mol. The average molecular weight is 274 g/mol. The largest absolute Gasteiger partial charge is 0.357 e. The van der Waals surface area contributed by atoms with Crippen molar-refractivity contribution >= 4 is 15.7 Å². The van der Waals surface area contributed by atoms with Crippen LogP contribution in [-0.2, 0) is 13.6 Å². The fourth-order valence-corrected chi connectivity index (χ4v) is 7.04. The molecular weight excluding hydrogens is 251 g/mol. The standard InChI is InChI=1S/C12H23O3PSi/c1-6-14-16(13,15-7-2)11-9-8-10-12(11)17(3,4)5/h8-10,12H,6-7H2,1-5H3. The quantitative estimate of drug-likeness (QED) is 0.531. The summed E-state index contributed by atoms with van der Waals surface area (Å²) in [5, 5.41) is 0.848. The van der Waals surface area contributed by atoms with Gasteiger partial charge in [-0.2, -0.15) is 0 Å². The number of hydrogen-bond acceptors (Lipinski definition) is 3. The summed E-state index contributed by atoms with van der Waals surface area (Å²) in [5.74, 6) is 0. The summed E-state index contributed by atoms with van der Waals surface area (Å²) in [6.07, 6.45) is 6.02. The number of rotatable bonds is 6. The molecule has 98 valence electrons. The van der Waals surface area contributed by atoms with Gasteiger partial charge in [0.1, 0.15) is 0 Å². The predicted molar refractivity (Wildman–Crippen MR) is 75.2 cm³/mol. The van der Waals surface area contributed by atoms with E-state index < -0.39 is 15.7 Å². The molecule has 1 aliphatic rings. The molecule has 0 N–H and O–H groups in total. The Morgan fingerprint density at radius 1 is 1.24 bits per heavy atom. The second kappa shape index (κ2) is 5.66. The molecular formula is C12H23O3PSi. The lowest BCUT2D eigenvalue weighted by Gasteiger charge is -2.30. The SMILES string of the molecule is CCOP(=O)(OCC)C1=CC=CC1[Si](C)(C)C. The lowest BCUT2D eigenvalue weighted by Crippen LogP contribution is -2.27. The summed E-state index contributed by atoms with van der Waals surface area (Å²) < 4.78 is 23.6. The van der Waals surface area contributed by atoms with Crippen LogP contribution in [0.15, 0.2) is 23.5 Å². The maximum Gasteiger partial charge on any atom is 0.357 e. The van der Waals surface area contributed by atoms with Crippen LogP contribution in [-0.4, -0.2) is 21.3 Å². The molecule has 0 saturated carbocycles. The van der Waals surface area contributed by atoms with Gasteiger partial charge in [-0.25, -0.2) is 0 Å². The first-order valence-electron chi connectivity index (χ1n) is 6.13. The summed E-state index contributed by atoms with van der Waals surface area (Å²) in [4.78, 5) is 0. The van der Waals surface area contributed by atoms with Gasteiger partial charge in [0.15, 0.2) is 0 Å². The van der Waals surface area contributed by atoms with E-state index in [1.54, 1.807) is 0 Å². The lowest BCUT2D eigenvalue weighted by atomic mass is 10.5. The van der Waals surface area contributed by atoms with Gasteiger partial charge in [-0.3, -0.25) is 4.57 Å². The molecule has 5 heteroatoms. The third-order valence-corrected chi connectivity index (χ3v) is 7.60. The normalized spacial score (nSPS) is 20.8. The van der Waals surface area contributed by atoms with E-state index in [1.165, 1.54) is 0 Å². The molecule has 0 bridgehead atoms. The van der Waals surface area contributed by atoms with Gasteiger partial charge in [0.25, 0.3) is 0 Å². The van der Waals surface area contributed by atoms with Crippen LogP contribution in [0.2, 0.25) is 25.2 Å². The Morgan fingerprint density at radius 3 is 2.18 bits per heavy atom. The topological polar surface area (TPSA) is 35.5 Å². The minimum atomic E-state index is -3.09. The second-order valence-electron chi connectivity index (χ2n) is 5.15. The van der Waals surface area contributed by atoms with Gasteiger partial charge in [0, 0.05) is 10.9 Å². The lowest BCUT2D eigenvalue weighted by molar-refractivity contribution is 0.226. The van der Waals surface area contributed by atoms with Gasteiger partial charge in [0.2, 0.25) is 0 Å². The van der Waals surface area contributed by atoms with Gasteiger partial charge in [0.05, 0.1) is 21.3 Å². The first-order chi connectivity index (χ1) is 7.85. The van der Waals surface area contributed by atoms with Crippen LogP contribution >= 0.6 is 7.60 Å². The van der Waals surface area contributed by atoms with E-state index in [2.05, 4.69) is 25.7 Å². The summed E-state index contributed by atoms with van der Waals surface area (Å²) >= 11 is 0. The van der Waals surface area contributed by atoms with Crippen LogP contribution in [0.4, 0.5) is 0 Å². The molecule has 0 radical (unpaired) electrons. The molecule has 1 unspecified atom stereocenters. The van der Waals surface area contributed by atoms with Crippen molar-refractivity contribution in [1.29, 1.82) is 0 Å². The maximum atomic E-state index is 12.7. The minimum Gasteiger partial charge on any atom is -0.306 e. The molecule has 0 spiro atoms. The highest BCUT2D eigenvalue weighted by Crippen LogP contribution is 2.63. The fourth-order valence-electron chi connectivity index (χ4n) is 1.99. The molecule has 3 nitrogen and oxygen atoms in total. The zero-order chi connectivity index (χ0) is 13.1. The molecule has 17 heavy (non-hydrogen) atoms. The Morgan fingerprint density at radius 2 is 1.76 bits per heavy atom. The summed E-state index contributed by atoms with van der Waals surface area (Å²) in [7, 11) is -4.53. The number of hydrogen-bond donors (Lipinski definition) is 0. The van der Waals surface area contributed by atoms with Crippen molar-refractivity contribution in [3.63, 3.8) is 0 Å². The van der Waals surface area contributed by atoms with Crippen molar-refractivity contribution in [3.8, 4) is 0 Å². The Kier molecular flexibility index (Phi) is 4.96. The van der Waals surface area contributed by atoms with E-state index in [4.69, 9.17) is 9.05 Å². The van der Waals surface area contributed by atoms with E-state index in [-0.39, 0.29) is 5.54 Å². The van der Waals surface area contributed by atoms with E-state index in [1.807, 2.05) is 26.0 Å². The zero-order valence-corrected chi connectivity index (χ0v) is 13.3. The summed E-state index contributed by atoms with van der Waals surface area (Å²) in [6.45, 7) is 11.3. The maximum absolute atomic E-state index is 12.7. The van der Waals surface area contributed by atoms with Crippen LogP contribution in [0.25, 0.3) is 0 Å². The summed E-state index contributed by atoms with van der Waals surface area (Å²) in [6, 6.07) is 0. The van der Waals surface area contributed by atoms with Gasteiger partial charge in [-0.1, -0.05) is 37.9 Å². The Bertz CT molecular complexity index is 358. The first kappa shape index (κ1) is 14.9. The van der Waals surface area contributed by atoms with Gasteiger partial charge in [-0.05, 0) is 13.8 Å². The van der Waals surface area contributed by atoms with Crippen LogP contribution in [0.1, 0.15) is 13.8 Å². The van der Waals surface area contributed by atoms with Crippen LogP contribution in [0.3, 0.4) is 0 Å². The van der Waals surface area contributed by atoms with Crippen molar-refractivity contribution in [1.82, 2.24) is 0 Å². The third kappa shape index (κ3) is 3.41. The third-order valence-electron chi connectivity index (χ3n) is 2.74. The van der Waals surface area contributed by atoms with Crippen LogP contribution in [0, 0.1) is 0 Å². The van der Waals surface area contributed by atoms with Gasteiger partial charge < -0.3 is 9.05 Å². The van der Waals surface area contributed by atoms with Gasteiger partial charge >= 0.3 is 7.60 Å². The van der Waals surface area contributed by atoms with E-state index in [0.29, 0.717) is 13.2 Å². The zero-order valence-electron chi connectivity index (χ0n) is 11.4. The van der Waals surface area contributed by atoms with Crippen molar-refractivity contribution in [2.75, 3.05) is 13.2 Å².